The summed E-state index contributed by atoms with van der Waals surface area (Å²) in [6, 6.07) is 12.2. The van der Waals surface area contributed by atoms with Gasteiger partial charge in [-0.3, -0.25) is 0 Å². The highest BCUT2D eigenvalue weighted by molar-refractivity contribution is 7.22. The molecule has 28 heavy (non-hydrogen) atoms. The number of methoxy groups -OCH3 is 2. The molecule has 0 unspecified atom stereocenters. The van der Waals surface area contributed by atoms with Crippen molar-refractivity contribution in [2.75, 3.05) is 50.2 Å². The maximum Gasteiger partial charge on any atom is 0.186 e. The largest absolute Gasteiger partial charge is 0.497 e. The van der Waals surface area contributed by atoms with E-state index in [1.165, 1.54) is 4.70 Å². The molecular formula is C20H20N4O2S2. The lowest BCUT2D eigenvalue weighted by atomic mass is 10.3. The molecule has 0 saturated carbocycles. The summed E-state index contributed by atoms with van der Waals surface area (Å²) in [5, 5.41) is 2.14. The third kappa shape index (κ3) is 3.02. The molecule has 0 N–H and O–H groups in total. The Labute approximate surface area is 171 Å². The number of fused-ring (bicyclic) bond motifs is 2. The van der Waals surface area contributed by atoms with Crippen LogP contribution in [0.2, 0.25) is 0 Å². The first kappa shape index (κ1) is 17.5. The zero-order valence-corrected chi connectivity index (χ0v) is 17.3. The summed E-state index contributed by atoms with van der Waals surface area (Å²) in [5.74, 6) is 1.68. The van der Waals surface area contributed by atoms with Crippen molar-refractivity contribution < 1.29 is 9.47 Å². The Hall–Kier alpha value is -2.58. The van der Waals surface area contributed by atoms with Crippen molar-refractivity contribution in [2.45, 2.75) is 0 Å². The number of hydrogen-bond acceptors (Lipinski definition) is 8. The number of anilines is 2. The van der Waals surface area contributed by atoms with Gasteiger partial charge in [0.15, 0.2) is 10.3 Å². The number of ether oxygens (including phenoxy) is 2. The molecule has 0 radical (unpaired) electrons. The Morgan fingerprint density at radius 3 is 2.25 bits per heavy atom. The topological polar surface area (TPSA) is 50.7 Å². The average molecular weight is 413 g/mol. The number of rotatable bonds is 4. The number of piperazine rings is 1. The molecule has 1 saturated heterocycles. The fourth-order valence-electron chi connectivity index (χ4n) is 3.46. The highest BCUT2D eigenvalue weighted by atomic mass is 32.1. The molecule has 0 spiro atoms. The Kier molecular flexibility index (Phi) is 4.44. The molecule has 1 fully saturated rings. The van der Waals surface area contributed by atoms with Gasteiger partial charge in [-0.1, -0.05) is 28.7 Å². The van der Waals surface area contributed by atoms with Crippen molar-refractivity contribution in [3.63, 3.8) is 0 Å². The van der Waals surface area contributed by atoms with E-state index in [9.17, 15) is 0 Å². The van der Waals surface area contributed by atoms with E-state index in [2.05, 4.69) is 21.9 Å². The van der Waals surface area contributed by atoms with Gasteiger partial charge in [0.05, 0.1) is 29.1 Å². The third-order valence-corrected chi connectivity index (χ3v) is 7.17. The highest BCUT2D eigenvalue weighted by Gasteiger charge is 2.22. The molecule has 3 heterocycles. The van der Waals surface area contributed by atoms with Crippen molar-refractivity contribution in [1.29, 1.82) is 0 Å². The van der Waals surface area contributed by atoms with Crippen LogP contribution in [0.5, 0.6) is 11.5 Å². The van der Waals surface area contributed by atoms with Crippen LogP contribution in [0.25, 0.3) is 20.4 Å². The highest BCUT2D eigenvalue weighted by Crippen LogP contribution is 2.35. The summed E-state index contributed by atoms with van der Waals surface area (Å²) >= 11 is 3.47. The second-order valence-corrected chi connectivity index (χ2v) is 8.63. The molecule has 5 rings (SSSR count). The van der Waals surface area contributed by atoms with Gasteiger partial charge in [-0.05, 0) is 24.3 Å². The van der Waals surface area contributed by atoms with Crippen LogP contribution in [-0.2, 0) is 0 Å². The van der Waals surface area contributed by atoms with E-state index in [0.717, 1.165) is 63.7 Å². The van der Waals surface area contributed by atoms with E-state index in [4.69, 9.17) is 19.4 Å². The van der Waals surface area contributed by atoms with Crippen molar-refractivity contribution in [3.05, 3.63) is 36.4 Å². The van der Waals surface area contributed by atoms with E-state index in [1.54, 1.807) is 36.9 Å². The molecule has 0 atom stereocenters. The van der Waals surface area contributed by atoms with Crippen molar-refractivity contribution >= 4 is 53.4 Å². The van der Waals surface area contributed by atoms with E-state index in [0.29, 0.717) is 0 Å². The summed E-state index contributed by atoms with van der Waals surface area (Å²) < 4.78 is 13.1. The van der Waals surface area contributed by atoms with Crippen molar-refractivity contribution in [1.82, 2.24) is 9.97 Å². The number of thiazole rings is 2. The third-order valence-electron chi connectivity index (χ3n) is 4.99. The molecule has 6 nitrogen and oxygen atoms in total. The quantitative estimate of drug-likeness (QED) is 0.499. The van der Waals surface area contributed by atoms with E-state index in [1.807, 2.05) is 24.3 Å². The van der Waals surface area contributed by atoms with Gasteiger partial charge < -0.3 is 19.3 Å². The van der Waals surface area contributed by atoms with Crippen LogP contribution in [-0.4, -0.2) is 50.4 Å². The van der Waals surface area contributed by atoms with Crippen LogP contribution in [0.3, 0.4) is 0 Å². The fourth-order valence-corrected chi connectivity index (χ4v) is 5.49. The van der Waals surface area contributed by atoms with Crippen molar-refractivity contribution in [2.24, 2.45) is 0 Å². The van der Waals surface area contributed by atoms with Gasteiger partial charge in [0.1, 0.15) is 17.0 Å². The standard InChI is InChI=1S/C20H20N4O2S2/c1-25-13-6-7-16-14(12-13)21-19(27-16)23-8-10-24(11-9-23)20-22-18-15(26-2)4-3-5-17(18)28-20/h3-7,12H,8-11H2,1-2H3. The van der Waals surface area contributed by atoms with Gasteiger partial charge in [-0.25, -0.2) is 9.97 Å². The minimum absolute atomic E-state index is 0.837. The minimum Gasteiger partial charge on any atom is -0.497 e. The monoisotopic (exact) mass is 412 g/mol. The molecule has 144 valence electrons. The number of nitrogens with zero attached hydrogens (tertiary/aromatic N) is 4. The number of benzene rings is 2. The first-order valence-corrected chi connectivity index (χ1v) is 10.8. The van der Waals surface area contributed by atoms with Gasteiger partial charge in [0.25, 0.3) is 0 Å². The molecule has 0 bridgehead atoms. The van der Waals surface area contributed by atoms with Crippen molar-refractivity contribution in [3.8, 4) is 11.5 Å². The zero-order chi connectivity index (χ0) is 19.1. The SMILES string of the molecule is COc1ccc2sc(N3CCN(c4nc5c(OC)cccc5s4)CC3)nc2c1. The second kappa shape index (κ2) is 7.10. The molecule has 1 aliphatic heterocycles. The van der Waals surface area contributed by atoms with Crippen LogP contribution >= 0.6 is 22.7 Å². The van der Waals surface area contributed by atoms with E-state index >= 15 is 0 Å². The van der Waals surface area contributed by atoms with Crippen LogP contribution < -0.4 is 19.3 Å². The Morgan fingerprint density at radius 2 is 1.54 bits per heavy atom. The van der Waals surface area contributed by atoms with Crippen LogP contribution in [0.15, 0.2) is 36.4 Å². The number of aromatic nitrogens is 2. The lowest BCUT2D eigenvalue weighted by Crippen LogP contribution is -2.46. The first-order valence-electron chi connectivity index (χ1n) is 9.13. The van der Waals surface area contributed by atoms with Gasteiger partial charge in [-0.15, -0.1) is 0 Å². The van der Waals surface area contributed by atoms with Gasteiger partial charge in [0, 0.05) is 32.2 Å². The lowest BCUT2D eigenvalue weighted by molar-refractivity contribution is 0.415. The minimum atomic E-state index is 0.837. The smallest absolute Gasteiger partial charge is 0.186 e. The zero-order valence-electron chi connectivity index (χ0n) is 15.7. The van der Waals surface area contributed by atoms with Gasteiger partial charge in [0.2, 0.25) is 0 Å². The molecule has 0 amide bonds. The normalized spacial score (nSPS) is 14.8. The molecule has 8 heteroatoms. The maximum absolute atomic E-state index is 5.45. The Balaban J connectivity index is 1.33. The van der Waals surface area contributed by atoms with Gasteiger partial charge in [-0.2, -0.15) is 0 Å². The molecule has 2 aromatic heterocycles. The predicted molar refractivity (Wildman–Crippen MR) is 117 cm³/mol. The predicted octanol–water partition coefficient (Wildman–Crippen LogP) is 4.25. The fraction of sp³-hybridized carbons (Fsp3) is 0.300. The Morgan fingerprint density at radius 1 is 0.821 bits per heavy atom. The summed E-state index contributed by atoms with van der Waals surface area (Å²) in [6.07, 6.45) is 0. The molecular weight excluding hydrogens is 392 g/mol. The Bertz CT molecular complexity index is 1130. The lowest BCUT2D eigenvalue weighted by Gasteiger charge is -2.34. The van der Waals surface area contributed by atoms with E-state index < -0.39 is 0 Å². The van der Waals surface area contributed by atoms with Gasteiger partial charge >= 0.3 is 0 Å². The molecule has 2 aromatic carbocycles. The summed E-state index contributed by atoms with van der Waals surface area (Å²) in [4.78, 5) is 14.4. The van der Waals surface area contributed by atoms with Crippen LogP contribution in [0.4, 0.5) is 10.3 Å². The van der Waals surface area contributed by atoms with Crippen LogP contribution in [0.1, 0.15) is 0 Å². The first-order chi connectivity index (χ1) is 13.7. The average Bonchev–Trinajstić information content (AvgIpc) is 3.37. The maximum atomic E-state index is 5.45. The summed E-state index contributed by atoms with van der Waals surface area (Å²) in [7, 11) is 3.38. The van der Waals surface area contributed by atoms with E-state index in [-0.39, 0.29) is 0 Å². The molecule has 0 aliphatic carbocycles. The second-order valence-electron chi connectivity index (χ2n) is 6.61. The summed E-state index contributed by atoms with van der Waals surface area (Å²) in [6.45, 7) is 3.73. The van der Waals surface area contributed by atoms with Crippen LogP contribution in [0, 0.1) is 0 Å². The number of hydrogen-bond donors (Lipinski definition) is 0. The molecule has 1 aliphatic rings. The number of para-hydroxylation sites is 1. The summed E-state index contributed by atoms with van der Waals surface area (Å²) in [5.41, 5.74) is 1.95. The molecule has 4 aromatic rings.